The Morgan fingerprint density at radius 3 is 2.94 bits per heavy atom. The minimum Gasteiger partial charge on any atom is -0.401 e. The number of nitrogens with zero attached hydrogens (tertiary/aromatic N) is 3. The molecule has 0 spiro atoms. The summed E-state index contributed by atoms with van der Waals surface area (Å²) in [5.74, 6) is 0.399. The Morgan fingerprint density at radius 2 is 2.33 bits per heavy atom. The van der Waals surface area contributed by atoms with Gasteiger partial charge in [0.1, 0.15) is 5.69 Å². The van der Waals surface area contributed by atoms with Crippen LogP contribution in [-0.4, -0.2) is 21.1 Å². The molecule has 2 heterocycles. The zero-order chi connectivity index (χ0) is 12.5. The maximum absolute atomic E-state index is 11.7. The Hall–Kier alpha value is -1.76. The van der Waals surface area contributed by atoms with E-state index >= 15 is 0 Å². The summed E-state index contributed by atoms with van der Waals surface area (Å²) in [7, 11) is 0. The van der Waals surface area contributed by atoms with E-state index in [0.29, 0.717) is 11.6 Å². The fraction of sp³-hybridized carbons (Fsp3) is 0.455. The highest BCUT2D eigenvalue weighted by Gasteiger charge is 2.26. The van der Waals surface area contributed by atoms with Crippen LogP contribution < -0.4 is 5.32 Å². The molecule has 2 aromatic heterocycles. The summed E-state index contributed by atoms with van der Waals surface area (Å²) in [4.78, 5) is 15.9. The molecule has 0 aliphatic heterocycles. The summed E-state index contributed by atoms with van der Waals surface area (Å²) in [6.45, 7) is 1.91. The van der Waals surface area contributed by atoms with Gasteiger partial charge in [-0.1, -0.05) is 11.5 Å². The van der Waals surface area contributed by atoms with Crippen LogP contribution in [0.4, 0.5) is 6.01 Å². The molecule has 0 aromatic carbocycles. The predicted molar refractivity (Wildman–Crippen MR) is 66.1 cm³/mol. The van der Waals surface area contributed by atoms with Crippen molar-refractivity contribution < 1.29 is 9.21 Å². The molecule has 1 aliphatic rings. The van der Waals surface area contributed by atoms with Gasteiger partial charge in [-0.2, -0.15) is 0 Å². The zero-order valence-corrected chi connectivity index (χ0v) is 10.7. The molecule has 0 radical (unpaired) electrons. The third-order valence-corrected chi connectivity index (χ3v) is 3.74. The lowest BCUT2D eigenvalue weighted by molar-refractivity contribution is -0.122. The van der Waals surface area contributed by atoms with Crippen molar-refractivity contribution in [1.29, 1.82) is 0 Å². The molecule has 18 heavy (non-hydrogen) atoms. The highest BCUT2D eigenvalue weighted by molar-refractivity contribution is 7.09. The first-order valence-electron chi connectivity index (χ1n) is 5.79. The number of hydrogen-bond donors (Lipinski definition) is 1. The third-order valence-electron chi connectivity index (χ3n) is 2.97. The Morgan fingerprint density at radius 1 is 1.50 bits per heavy atom. The molecule has 1 N–H and O–H groups in total. The lowest BCUT2D eigenvalue weighted by Gasteiger charge is -2.22. The minimum atomic E-state index is -0.0362. The van der Waals surface area contributed by atoms with Crippen LogP contribution in [0.25, 0.3) is 11.6 Å². The standard InChI is InChI=1S/C11H12N4O2S/c1-6-12-8(5-18-6)10-14-15-11(17-10)13-9(16)7-3-2-4-7/h5,7H,2-4H2,1H3,(H,13,15,16). The van der Waals surface area contributed by atoms with Crippen LogP contribution in [0.3, 0.4) is 0 Å². The number of nitrogens with one attached hydrogen (secondary N) is 1. The Kier molecular flexibility index (Phi) is 2.83. The largest absolute Gasteiger partial charge is 0.401 e. The average Bonchev–Trinajstić information content (AvgIpc) is 2.84. The first-order chi connectivity index (χ1) is 8.72. The maximum Gasteiger partial charge on any atom is 0.322 e. The summed E-state index contributed by atoms with van der Waals surface area (Å²) >= 11 is 1.51. The van der Waals surface area contributed by atoms with E-state index in [9.17, 15) is 4.79 Å². The number of rotatable bonds is 3. The number of aryl methyl sites for hydroxylation is 1. The molecule has 0 bridgehead atoms. The number of anilines is 1. The van der Waals surface area contributed by atoms with Gasteiger partial charge in [-0.15, -0.1) is 16.4 Å². The number of carbonyl (C=O) groups is 1. The van der Waals surface area contributed by atoms with Crippen LogP contribution in [-0.2, 0) is 4.79 Å². The molecule has 3 rings (SSSR count). The number of carbonyl (C=O) groups excluding carboxylic acids is 1. The molecule has 7 heteroatoms. The van der Waals surface area contributed by atoms with Gasteiger partial charge in [-0.05, 0) is 19.8 Å². The van der Waals surface area contributed by atoms with Crippen molar-refractivity contribution >= 4 is 23.3 Å². The van der Waals surface area contributed by atoms with E-state index < -0.39 is 0 Å². The van der Waals surface area contributed by atoms with Gasteiger partial charge in [0, 0.05) is 11.3 Å². The number of hydrogen-bond acceptors (Lipinski definition) is 6. The summed E-state index contributed by atoms with van der Waals surface area (Å²) in [5, 5.41) is 13.1. The molecule has 1 amide bonds. The van der Waals surface area contributed by atoms with Crippen LogP contribution in [0.15, 0.2) is 9.80 Å². The number of thiazole rings is 1. The monoisotopic (exact) mass is 264 g/mol. The smallest absolute Gasteiger partial charge is 0.322 e. The van der Waals surface area contributed by atoms with Crippen molar-refractivity contribution in [3.8, 4) is 11.6 Å². The zero-order valence-electron chi connectivity index (χ0n) is 9.84. The summed E-state index contributed by atoms with van der Waals surface area (Å²) in [6, 6.07) is 0.146. The van der Waals surface area contributed by atoms with Crippen molar-refractivity contribution in [3.63, 3.8) is 0 Å². The Labute approximate surface area is 107 Å². The van der Waals surface area contributed by atoms with E-state index in [1.165, 1.54) is 11.3 Å². The molecular formula is C11H12N4O2S. The van der Waals surface area contributed by atoms with Gasteiger partial charge in [0.05, 0.1) is 5.01 Å². The first kappa shape index (κ1) is 11.3. The van der Waals surface area contributed by atoms with Gasteiger partial charge in [0.25, 0.3) is 5.89 Å². The lowest BCUT2D eigenvalue weighted by Crippen LogP contribution is -2.28. The molecule has 94 valence electrons. The van der Waals surface area contributed by atoms with Gasteiger partial charge in [-0.3, -0.25) is 10.1 Å². The Balaban J connectivity index is 1.71. The molecule has 2 aromatic rings. The Bertz CT molecular complexity index is 573. The molecular weight excluding hydrogens is 252 g/mol. The summed E-state index contributed by atoms with van der Waals surface area (Å²) in [5.41, 5.74) is 0.647. The van der Waals surface area contributed by atoms with E-state index in [1.54, 1.807) is 0 Å². The fourth-order valence-electron chi connectivity index (χ4n) is 1.72. The second-order valence-corrected chi connectivity index (χ2v) is 5.34. The number of amides is 1. The summed E-state index contributed by atoms with van der Waals surface area (Å²) < 4.78 is 5.36. The topological polar surface area (TPSA) is 80.9 Å². The lowest BCUT2D eigenvalue weighted by atomic mass is 9.85. The van der Waals surface area contributed by atoms with Gasteiger partial charge in [-0.25, -0.2) is 4.98 Å². The van der Waals surface area contributed by atoms with Gasteiger partial charge in [0.15, 0.2) is 0 Å². The molecule has 1 aliphatic carbocycles. The van der Waals surface area contributed by atoms with Crippen molar-refractivity contribution in [2.24, 2.45) is 5.92 Å². The second kappa shape index (κ2) is 4.49. The van der Waals surface area contributed by atoms with Crippen LogP contribution in [0.5, 0.6) is 0 Å². The minimum absolute atomic E-state index is 0.0362. The van der Waals surface area contributed by atoms with Crippen LogP contribution in [0, 0.1) is 12.8 Å². The van der Waals surface area contributed by atoms with Crippen molar-refractivity contribution in [3.05, 3.63) is 10.4 Å². The highest BCUT2D eigenvalue weighted by atomic mass is 32.1. The van der Waals surface area contributed by atoms with Gasteiger partial charge in [0.2, 0.25) is 5.91 Å². The van der Waals surface area contributed by atoms with Gasteiger partial charge < -0.3 is 4.42 Å². The van der Waals surface area contributed by atoms with Crippen molar-refractivity contribution in [2.75, 3.05) is 5.32 Å². The quantitative estimate of drug-likeness (QED) is 0.919. The average molecular weight is 264 g/mol. The van der Waals surface area contributed by atoms with Crippen LogP contribution in [0.2, 0.25) is 0 Å². The van der Waals surface area contributed by atoms with Gasteiger partial charge >= 0.3 is 6.01 Å². The predicted octanol–water partition coefficient (Wildman–Crippen LogP) is 2.24. The molecule has 0 atom stereocenters. The SMILES string of the molecule is Cc1nc(-c2nnc(NC(=O)C3CCC3)o2)cs1. The second-order valence-electron chi connectivity index (χ2n) is 4.28. The molecule has 1 saturated carbocycles. The third kappa shape index (κ3) is 2.13. The van der Waals surface area contributed by atoms with E-state index in [-0.39, 0.29) is 17.8 Å². The highest BCUT2D eigenvalue weighted by Crippen LogP contribution is 2.28. The molecule has 1 fully saturated rings. The molecule has 0 saturated heterocycles. The maximum atomic E-state index is 11.7. The molecule has 0 unspecified atom stereocenters. The van der Waals surface area contributed by atoms with Crippen molar-refractivity contribution in [2.45, 2.75) is 26.2 Å². The normalized spacial score (nSPS) is 15.4. The van der Waals surface area contributed by atoms with E-state index in [0.717, 1.165) is 24.3 Å². The van der Waals surface area contributed by atoms with Crippen molar-refractivity contribution in [1.82, 2.24) is 15.2 Å². The summed E-state index contributed by atoms with van der Waals surface area (Å²) in [6.07, 6.45) is 3.00. The van der Waals surface area contributed by atoms with Crippen LogP contribution >= 0.6 is 11.3 Å². The molecule has 6 nitrogen and oxygen atoms in total. The number of aromatic nitrogens is 3. The first-order valence-corrected chi connectivity index (χ1v) is 6.67. The van der Waals surface area contributed by atoms with E-state index in [2.05, 4.69) is 20.5 Å². The fourth-order valence-corrected chi connectivity index (χ4v) is 2.30. The van der Waals surface area contributed by atoms with E-state index in [1.807, 2.05) is 12.3 Å². The van der Waals surface area contributed by atoms with Crippen LogP contribution in [0.1, 0.15) is 24.3 Å². The van der Waals surface area contributed by atoms with E-state index in [4.69, 9.17) is 4.42 Å².